The van der Waals surface area contributed by atoms with E-state index in [1.165, 1.54) is 11.3 Å². The summed E-state index contributed by atoms with van der Waals surface area (Å²) in [5, 5.41) is 8.17. The molecule has 5 heteroatoms. The second kappa shape index (κ2) is 2.64. The van der Waals surface area contributed by atoms with Gasteiger partial charge in [0.05, 0.1) is 9.72 Å². The monoisotopic (exact) mass is 201 g/mol. The van der Waals surface area contributed by atoms with Gasteiger partial charge in [0.2, 0.25) is 0 Å². The molecule has 0 bridgehead atoms. The highest BCUT2D eigenvalue weighted by molar-refractivity contribution is 7.22. The number of fused-ring (bicyclic) bond motifs is 1. The summed E-state index contributed by atoms with van der Waals surface area (Å²) >= 11 is 7.33. The number of nitrogens with one attached hydrogen (secondary N) is 1. The van der Waals surface area contributed by atoms with Crippen molar-refractivity contribution >= 4 is 39.0 Å². The largest absolute Gasteiger partial charge is 0.363 e. The molecule has 0 saturated carbocycles. The average Bonchev–Trinajstić information content (AvgIpc) is 2.43. The molecule has 2 aromatic heterocycles. The van der Waals surface area contributed by atoms with E-state index in [1.807, 2.05) is 25.1 Å². The van der Waals surface area contributed by atoms with Crippen molar-refractivity contribution in [2.75, 3.05) is 19.0 Å². The summed E-state index contributed by atoms with van der Waals surface area (Å²) < 4.78 is 0.782. The molecule has 0 saturated heterocycles. The lowest BCUT2D eigenvalue weighted by Crippen LogP contribution is -2.08. The molecule has 0 aliphatic heterocycles. The van der Waals surface area contributed by atoms with Crippen LogP contribution in [0.4, 0.5) is 5.82 Å². The molecule has 0 aliphatic rings. The summed E-state index contributed by atoms with van der Waals surface area (Å²) in [6.07, 6.45) is 0. The minimum Gasteiger partial charge on any atom is -0.363 e. The Morgan fingerprint density at radius 1 is 1.58 bits per heavy atom. The van der Waals surface area contributed by atoms with Crippen molar-refractivity contribution in [3.8, 4) is 0 Å². The smallest absolute Gasteiger partial charge is 0.148 e. The SMILES string of the molecule is CN(C)c1[nH]nc2sc(Cl)cc12. The number of thiophene rings is 1. The van der Waals surface area contributed by atoms with E-state index in [0.29, 0.717) is 0 Å². The lowest BCUT2D eigenvalue weighted by molar-refractivity contribution is 1.03. The molecule has 1 N–H and O–H groups in total. The van der Waals surface area contributed by atoms with Gasteiger partial charge in [0.1, 0.15) is 10.6 Å². The number of aromatic nitrogens is 2. The number of halogens is 1. The Hall–Kier alpha value is -0.740. The third-order valence-corrected chi connectivity index (χ3v) is 2.81. The van der Waals surface area contributed by atoms with Gasteiger partial charge in [-0.05, 0) is 6.07 Å². The first-order valence-electron chi connectivity index (χ1n) is 3.49. The van der Waals surface area contributed by atoms with Gasteiger partial charge in [-0.2, -0.15) is 5.10 Å². The predicted molar refractivity (Wildman–Crippen MR) is 53.3 cm³/mol. The van der Waals surface area contributed by atoms with Crippen LogP contribution in [0.3, 0.4) is 0 Å². The van der Waals surface area contributed by atoms with Gasteiger partial charge >= 0.3 is 0 Å². The number of H-pyrrole nitrogens is 1. The molecule has 2 heterocycles. The molecule has 2 aromatic rings. The van der Waals surface area contributed by atoms with E-state index < -0.39 is 0 Å². The first-order valence-corrected chi connectivity index (χ1v) is 4.68. The fourth-order valence-corrected chi connectivity index (χ4v) is 2.16. The van der Waals surface area contributed by atoms with Gasteiger partial charge < -0.3 is 4.90 Å². The van der Waals surface area contributed by atoms with E-state index in [2.05, 4.69) is 10.2 Å². The molecule has 2 rings (SSSR count). The molecule has 0 atom stereocenters. The second-order valence-electron chi connectivity index (χ2n) is 2.74. The third kappa shape index (κ3) is 1.07. The zero-order chi connectivity index (χ0) is 8.72. The van der Waals surface area contributed by atoms with Crippen LogP contribution >= 0.6 is 22.9 Å². The molecule has 3 nitrogen and oxygen atoms in total. The van der Waals surface area contributed by atoms with Crippen molar-refractivity contribution in [1.82, 2.24) is 10.2 Å². The normalized spacial score (nSPS) is 10.9. The van der Waals surface area contributed by atoms with Crippen molar-refractivity contribution in [3.63, 3.8) is 0 Å². The Kier molecular flexibility index (Phi) is 1.73. The maximum atomic E-state index is 5.85. The highest BCUT2D eigenvalue weighted by Crippen LogP contribution is 2.32. The zero-order valence-corrected chi connectivity index (χ0v) is 8.33. The Labute approximate surface area is 78.9 Å². The van der Waals surface area contributed by atoms with Crippen LogP contribution in [-0.2, 0) is 0 Å². The molecule has 64 valence electrons. The topological polar surface area (TPSA) is 31.9 Å². The Morgan fingerprint density at radius 2 is 2.33 bits per heavy atom. The summed E-state index contributed by atoms with van der Waals surface area (Å²) in [6.45, 7) is 0. The van der Waals surface area contributed by atoms with Crippen LogP contribution < -0.4 is 4.90 Å². The fourth-order valence-electron chi connectivity index (χ4n) is 1.11. The van der Waals surface area contributed by atoms with E-state index >= 15 is 0 Å². The van der Waals surface area contributed by atoms with E-state index in [1.54, 1.807) is 0 Å². The second-order valence-corrected chi connectivity index (χ2v) is 4.40. The first-order chi connectivity index (χ1) is 5.68. The van der Waals surface area contributed by atoms with E-state index in [-0.39, 0.29) is 0 Å². The van der Waals surface area contributed by atoms with Crippen molar-refractivity contribution < 1.29 is 0 Å². The van der Waals surface area contributed by atoms with E-state index in [0.717, 1.165) is 20.4 Å². The first kappa shape index (κ1) is 7.89. The number of anilines is 1. The van der Waals surface area contributed by atoms with Crippen molar-refractivity contribution in [1.29, 1.82) is 0 Å². The number of hydrogen-bond acceptors (Lipinski definition) is 3. The van der Waals surface area contributed by atoms with Crippen LogP contribution in [0.15, 0.2) is 6.07 Å². The maximum absolute atomic E-state index is 5.85. The molecule has 0 unspecified atom stereocenters. The third-order valence-electron chi connectivity index (χ3n) is 1.65. The average molecular weight is 202 g/mol. The summed E-state index contributed by atoms with van der Waals surface area (Å²) in [5.41, 5.74) is 0. The maximum Gasteiger partial charge on any atom is 0.148 e. The highest BCUT2D eigenvalue weighted by atomic mass is 35.5. The summed E-state index contributed by atoms with van der Waals surface area (Å²) in [4.78, 5) is 2.95. The molecule has 0 aromatic carbocycles. The van der Waals surface area contributed by atoms with Crippen LogP contribution in [0.1, 0.15) is 0 Å². The van der Waals surface area contributed by atoms with Crippen LogP contribution in [0.25, 0.3) is 10.2 Å². The van der Waals surface area contributed by atoms with Crippen LogP contribution in [0.2, 0.25) is 4.34 Å². The van der Waals surface area contributed by atoms with Gasteiger partial charge in [0.15, 0.2) is 0 Å². The molecule has 0 spiro atoms. The molecule has 0 aliphatic carbocycles. The number of hydrogen-bond donors (Lipinski definition) is 1. The van der Waals surface area contributed by atoms with Crippen LogP contribution in [0, 0.1) is 0 Å². The summed E-state index contributed by atoms with van der Waals surface area (Å²) in [5.74, 6) is 1.01. The molecule has 0 amide bonds. The summed E-state index contributed by atoms with van der Waals surface area (Å²) in [6, 6.07) is 1.93. The standard InChI is InChI=1S/C7H8ClN3S/c1-11(2)6-4-3-5(8)12-7(4)10-9-6/h3H,1-2H3,(H,9,10). The van der Waals surface area contributed by atoms with Gasteiger partial charge in [0.25, 0.3) is 0 Å². The van der Waals surface area contributed by atoms with Gasteiger partial charge in [-0.3, -0.25) is 5.10 Å². The Balaban J connectivity index is 2.68. The lowest BCUT2D eigenvalue weighted by Gasteiger charge is -2.07. The molecule has 0 radical (unpaired) electrons. The van der Waals surface area contributed by atoms with Gasteiger partial charge in [-0.1, -0.05) is 11.6 Å². The highest BCUT2D eigenvalue weighted by Gasteiger charge is 2.09. The minimum absolute atomic E-state index is 0.782. The van der Waals surface area contributed by atoms with E-state index in [9.17, 15) is 0 Å². The molecule has 0 fully saturated rings. The van der Waals surface area contributed by atoms with Crippen LogP contribution in [0.5, 0.6) is 0 Å². The number of aromatic amines is 1. The van der Waals surface area contributed by atoms with Gasteiger partial charge in [0, 0.05) is 14.1 Å². The van der Waals surface area contributed by atoms with Crippen molar-refractivity contribution in [2.45, 2.75) is 0 Å². The zero-order valence-electron chi connectivity index (χ0n) is 6.76. The lowest BCUT2D eigenvalue weighted by atomic mass is 10.4. The quantitative estimate of drug-likeness (QED) is 0.768. The minimum atomic E-state index is 0.782. The molecular formula is C7H8ClN3S. The number of nitrogens with zero attached hydrogens (tertiary/aromatic N) is 2. The van der Waals surface area contributed by atoms with Crippen molar-refractivity contribution in [3.05, 3.63) is 10.4 Å². The van der Waals surface area contributed by atoms with E-state index in [4.69, 9.17) is 11.6 Å². The van der Waals surface area contributed by atoms with Crippen LogP contribution in [-0.4, -0.2) is 24.3 Å². The fraction of sp³-hybridized carbons (Fsp3) is 0.286. The van der Waals surface area contributed by atoms with Gasteiger partial charge in [-0.25, -0.2) is 0 Å². The summed E-state index contributed by atoms with van der Waals surface area (Å²) in [7, 11) is 3.94. The predicted octanol–water partition coefficient (Wildman–Crippen LogP) is 2.34. The van der Waals surface area contributed by atoms with Crippen molar-refractivity contribution in [2.24, 2.45) is 0 Å². The Bertz CT molecular complexity index is 404. The molecule has 12 heavy (non-hydrogen) atoms. The molecular weight excluding hydrogens is 194 g/mol. The van der Waals surface area contributed by atoms with Gasteiger partial charge in [-0.15, -0.1) is 11.3 Å². The Morgan fingerprint density at radius 3 is 3.00 bits per heavy atom. The number of rotatable bonds is 1.